The second kappa shape index (κ2) is 6.93. The summed E-state index contributed by atoms with van der Waals surface area (Å²) in [5, 5.41) is 11.5. The lowest BCUT2D eigenvalue weighted by Gasteiger charge is -2.23. The van der Waals surface area contributed by atoms with Gasteiger partial charge >= 0.3 is 12.0 Å². The summed E-state index contributed by atoms with van der Waals surface area (Å²) in [6, 6.07) is 5.20. The van der Waals surface area contributed by atoms with Gasteiger partial charge in [-0.05, 0) is 31.9 Å². The van der Waals surface area contributed by atoms with Crippen molar-refractivity contribution in [3.63, 3.8) is 0 Å². The van der Waals surface area contributed by atoms with Gasteiger partial charge in [-0.3, -0.25) is 9.69 Å². The first-order valence-corrected chi connectivity index (χ1v) is 6.68. The molecule has 110 valence electrons. The largest absolute Gasteiger partial charge is 0.481 e. The van der Waals surface area contributed by atoms with Gasteiger partial charge in [0.2, 0.25) is 0 Å². The van der Waals surface area contributed by atoms with Crippen LogP contribution in [0.25, 0.3) is 0 Å². The quantitative estimate of drug-likeness (QED) is 0.870. The Hall–Kier alpha value is -2.04. The average molecular weight is 278 g/mol. The molecule has 1 aromatic carbocycles. The highest BCUT2D eigenvalue weighted by Gasteiger charge is 2.18. The second-order valence-electron chi connectivity index (χ2n) is 5.00. The van der Waals surface area contributed by atoms with Gasteiger partial charge in [-0.15, -0.1) is 0 Å². The summed E-state index contributed by atoms with van der Waals surface area (Å²) in [7, 11) is 1.68. The Morgan fingerprint density at radius 2 is 2.00 bits per heavy atom. The maximum Gasteiger partial charge on any atom is 0.321 e. The fraction of sp³-hybridized carbons (Fsp3) is 0.467. The van der Waals surface area contributed by atoms with Gasteiger partial charge in [0, 0.05) is 18.8 Å². The minimum absolute atomic E-state index is 0.0665. The molecule has 0 spiro atoms. The van der Waals surface area contributed by atoms with E-state index in [1.54, 1.807) is 7.05 Å². The lowest BCUT2D eigenvalue weighted by Crippen LogP contribution is -2.44. The van der Waals surface area contributed by atoms with Crippen molar-refractivity contribution >= 4 is 17.7 Å². The van der Waals surface area contributed by atoms with Gasteiger partial charge in [0.25, 0.3) is 0 Å². The standard InChI is InChI=1S/C15H22N2O3/c1-5-12(9-14(18)19)16-15(20)17(4)13-7-6-10(2)8-11(13)3/h6-8,12H,5,9H2,1-4H3,(H,16,20)(H,18,19). The summed E-state index contributed by atoms with van der Waals surface area (Å²) in [4.78, 5) is 24.4. The lowest BCUT2D eigenvalue weighted by molar-refractivity contribution is -0.137. The smallest absolute Gasteiger partial charge is 0.321 e. The predicted molar refractivity (Wildman–Crippen MR) is 79.2 cm³/mol. The number of carbonyl (C=O) groups is 2. The molecule has 20 heavy (non-hydrogen) atoms. The molecule has 1 unspecified atom stereocenters. The highest BCUT2D eigenvalue weighted by molar-refractivity contribution is 5.92. The van der Waals surface area contributed by atoms with Crippen LogP contribution in [-0.4, -0.2) is 30.2 Å². The van der Waals surface area contributed by atoms with Crippen molar-refractivity contribution in [3.05, 3.63) is 29.3 Å². The lowest BCUT2D eigenvalue weighted by atomic mass is 10.1. The van der Waals surface area contributed by atoms with Crippen LogP contribution in [0, 0.1) is 13.8 Å². The Balaban J connectivity index is 2.78. The van der Waals surface area contributed by atoms with Crippen molar-refractivity contribution in [1.29, 1.82) is 0 Å². The van der Waals surface area contributed by atoms with Crippen LogP contribution in [0.5, 0.6) is 0 Å². The molecule has 2 N–H and O–H groups in total. The summed E-state index contributed by atoms with van der Waals surface area (Å²) in [6.45, 7) is 5.79. The summed E-state index contributed by atoms with van der Waals surface area (Å²) in [5.74, 6) is -0.911. The number of nitrogens with one attached hydrogen (secondary N) is 1. The summed E-state index contributed by atoms with van der Waals surface area (Å²) < 4.78 is 0. The number of carboxylic acid groups (broad SMARTS) is 1. The van der Waals surface area contributed by atoms with Gasteiger partial charge < -0.3 is 10.4 Å². The molecule has 0 heterocycles. The normalized spacial score (nSPS) is 11.8. The number of hydrogen-bond donors (Lipinski definition) is 2. The third-order valence-corrected chi connectivity index (χ3v) is 3.26. The number of anilines is 1. The molecule has 0 aliphatic carbocycles. The summed E-state index contributed by atoms with van der Waals surface area (Å²) in [5.41, 5.74) is 2.96. The predicted octanol–water partition coefficient (Wildman–Crippen LogP) is 2.70. The fourth-order valence-corrected chi connectivity index (χ4v) is 2.07. The molecule has 0 aromatic heterocycles. The topological polar surface area (TPSA) is 69.6 Å². The number of nitrogens with zero attached hydrogens (tertiary/aromatic N) is 1. The molecule has 1 rings (SSSR count). The van der Waals surface area contributed by atoms with Crippen LogP contribution in [0.4, 0.5) is 10.5 Å². The molecule has 1 atom stereocenters. The molecule has 5 heteroatoms. The van der Waals surface area contributed by atoms with E-state index in [4.69, 9.17) is 5.11 Å². The molecule has 0 saturated heterocycles. The van der Waals surface area contributed by atoms with Crippen LogP contribution < -0.4 is 10.2 Å². The van der Waals surface area contributed by atoms with E-state index in [2.05, 4.69) is 5.32 Å². The van der Waals surface area contributed by atoms with E-state index in [9.17, 15) is 9.59 Å². The number of amides is 2. The van der Waals surface area contributed by atoms with Crippen LogP contribution in [0.15, 0.2) is 18.2 Å². The Morgan fingerprint density at radius 1 is 1.35 bits per heavy atom. The number of hydrogen-bond acceptors (Lipinski definition) is 2. The molecule has 1 aromatic rings. The number of aryl methyl sites for hydroxylation is 2. The van der Waals surface area contributed by atoms with Crippen molar-refractivity contribution in [1.82, 2.24) is 5.32 Å². The molecular weight excluding hydrogens is 256 g/mol. The average Bonchev–Trinajstić information content (AvgIpc) is 2.36. The van der Waals surface area contributed by atoms with Gasteiger partial charge in [-0.25, -0.2) is 4.79 Å². The van der Waals surface area contributed by atoms with E-state index in [-0.39, 0.29) is 18.5 Å². The first-order chi connectivity index (χ1) is 9.35. The number of carbonyl (C=O) groups excluding carboxylic acids is 1. The minimum Gasteiger partial charge on any atom is -0.481 e. The minimum atomic E-state index is -0.911. The van der Waals surface area contributed by atoms with Gasteiger partial charge in [0.1, 0.15) is 0 Å². The van der Waals surface area contributed by atoms with Gasteiger partial charge in [0.05, 0.1) is 6.42 Å². The zero-order chi connectivity index (χ0) is 15.3. The van der Waals surface area contributed by atoms with E-state index in [1.807, 2.05) is 39.0 Å². The first kappa shape index (κ1) is 16.0. The van der Waals surface area contributed by atoms with Crippen molar-refractivity contribution in [3.8, 4) is 0 Å². The molecule has 2 amide bonds. The Kier molecular flexibility index (Phi) is 5.55. The fourth-order valence-electron chi connectivity index (χ4n) is 2.07. The first-order valence-electron chi connectivity index (χ1n) is 6.68. The van der Waals surface area contributed by atoms with E-state index in [1.165, 1.54) is 4.90 Å². The van der Waals surface area contributed by atoms with Crippen molar-refractivity contribution in [2.75, 3.05) is 11.9 Å². The Labute approximate surface area is 119 Å². The van der Waals surface area contributed by atoms with Crippen LogP contribution in [0.2, 0.25) is 0 Å². The second-order valence-corrected chi connectivity index (χ2v) is 5.00. The van der Waals surface area contributed by atoms with Crippen LogP contribution in [0.3, 0.4) is 0 Å². The molecule has 5 nitrogen and oxygen atoms in total. The van der Waals surface area contributed by atoms with E-state index in [0.29, 0.717) is 6.42 Å². The van der Waals surface area contributed by atoms with Crippen molar-refractivity contribution in [2.24, 2.45) is 0 Å². The molecule has 0 saturated carbocycles. The third-order valence-electron chi connectivity index (χ3n) is 3.26. The molecule has 0 bridgehead atoms. The number of urea groups is 1. The van der Waals surface area contributed by atoms with Gasteiger partial charge in [0.15, 0.2) is 0 Å². The molecule has 0 radical (unpaired) electrons. The number of aliphatic carboxylic acids is 1. The maximum absolute atomic E-state index is 12.2. The maximum atomic E-state index is 12.2. The molecule has 0 fully saturated rings. The third kappa shape index (κ3) is 4.26. The van der Waals surface area contributed by atoms with Crippen molar-refractivity contribution < 1.29 is 14.7 Å². The highest BCUT2D eigenvalue weighted by atomic mass is 16.4. The number of rotatable bonds is 5. The molecule has 0 aliphatic rings. The number of benzene rings is 1. The SMILES string of the molecule is CCC(CC(=O)O)NC(=O)N(C)c1ccc(C)cc1C. The summed E-state index contributed by atoms with van der Waals surface area (Å²) in [6.07, 6.45) is 0.516. The zero-order valence-electron chi connectivity index (χ0n) is 12.4. The summed E-state index contributed by atoms with van der Waals surface area (Å²) >= 11 is 0. The van der Waals surface area contributed by atoms with E-state index in [0.717, 1.165) is 16.8 Å². The number of carboxylic acids is 1. The Morgan fingerprint density at radius 3 is 2.50 bits per heavy atom. The van der Waals surface area contributed by atoms with Crippen LogP contribution in [0.1, 0.15) is 30.9 Å². The highest BCUT2D eigenvalue weighted by Crippen LogP contribution is 2.20. The van der Waals surface area contributed by atoms with Gasteiger partial charge in [-0.1, -0.05) is 24.6 Å². The van der Waals surface area contributed by atoms with Crippen LogP contribution >= 0.6 is 0 Å². The van der Waals surface area contributed by atoms with Crippen molar-refractivity contribution in [2.45, 2.75) is 39.7 Å². The monoisotopic (exact) mass is 278 g/mol. The van der Waals surface area contributed by atoms with Crippen LogP contribution in [-0.2, 0) is 4.79 Å². The molecule has 0 aliphatic heterocycles. The van der Waals surface area contributed by atoms with Gasteiger partial charge in [-0.2, -0.15) is 0 Å². The van der Waals surface area contributed by atoms with E-state index >= 15 is 0 Å². The zero-order valence-corrected chi connectivity index (χ0v) is 12.4. The Bertz CT molecular complexity index is 500. The van der Waals surface area contributed by atoms with E-state index < -0.39 is 5.97 Å². The molecular formula is C15H22N2O3.